The van der Waals surface area contributed by atoms with Crippen molar-refractivity contribution >= 4 is 46.3 Å². The molecule has 0 saturated carbocycles. The lowest BCUT2D eigenvalue weighted by atomic mass is 10.2. The predicted octanol–water partition coefficient (Wildman–Crippen LogP) is 5.39. The van der Waals surface area contributed by atoms with Crippen molar-refractivity contribution in [3.05, 3.63) is 76.4 Å². The fraction of sp³-hybridized carbons (Fsp3) is 0.0526. The van der Waals surface area contributed by atoms with Crippen molar-refractivity contribution in [1.82, 2.24) is 4.98 Å². The van der Waals surface area contributed by atoms with E-state index in [0.29, 0.717) is 38.6 Å². The molecule has 3 rings (SSSR count). The Labute approximate surface area is 160 Å². The molecule has 0 aliphatic rings. The summed E-state index contributed by atoms with van der Waals surface area (Å²) in [5.74, 6) is 0.777. The molecule has 132 valence electrons. The maximum Gasteiger partial charge on any atom is 0.256 e. The number of nitrogens with one attached hydrogen (secondary N) is 2. The number of anilines is 3. The molecule has 7 heteroatoms. The van der Waals surface area contributed by atoms with Gasteiger partial charge in [-0.3, -0.25) is 4.79 Å². The van der Waals surface area contributed by atoms with E-state index in [1.54, 1.807) is 61.8 Å². The Bertz CT molecular complexity index is 930. The number of benzene rings is 2. The normalized spacial score (nSPS) is 10.3. The van der Waals surface area contributed by atoms with E-state index in [-0.39, 0.29) is 5.91 Å². The number of hydrogen-bond acceptors (Lipinski definition) is 4. The highest BCUT2D eigenvalue weighted by molar-refractivity contribution is 6.43. The minimum Gasteiger partial charge on any atom is -0.497 e. The van der Waals surface area contributed by atoms with Gasteiger partial charge in [0.2, 0.25) is 0 Å². The molecule has 5 nitrogen and oxygen atoms in total. The Hall–Kier alpha value is -2.76. The van der Waals surface area contributed by atoms with Crippen LogP contribution in [-0.2, 0) is 0 Å². The summed E-state index contributed by atoms with van der Waals surface area (Å²) in [6, 6.07) is 15.7. The van der Waals surface area contributed by atoms with Gasteiger partial charge in [-0.1, -0.05) is 35.3 Å². The van der Waals surface area contributed by atoms with Crippen molar-refractivity contribution in [1.29, 1.82) is 0 Å². The zero-order valence-corrected chi connectivity index (χ0v) is 15.3. The second-order valence-electron chi connectivity index (χ2n) is 5.34. The summed E-state index contributed by atoms with van der Waals surface area (Å²) in [6.45, 7) is 0. The molecule has 1 amide bonds. The first kappa shape index (κ1) is 18.0. The number of ether oxygens (including phenoxy) is 1. The molecule has 1 aromatic heterocycles. The monoisotopic (exact) mass is 387 g/mol. The number of amides is 1. The van der Waals surface area contributed by atoms with Crippen LogP contribution in [0.1, 0.15) is 10.4 Å². The molecule has 0 spiro atoms. The summed E-state index contributed by atoms with van der Waals surface area (Å²) < 4.78 is 5.12. The molecule has 0 aliphatic heterocycles. The average Bonchev–Trinajstić information content (AvgIpc) is 2.67. The summed E-state index contributed by atoms with van der Waals surface area (Å²) in [5, 5.41) is 6.77. The van der Waals surface area contributed by atoms with Crippen LogP contribution in [-0.4, -0.2) is 18.0 Å². The van der Waals surface area contributed by atoms with Gasteiger partial charge in [-0.05, 0) is 42.5 Å². The van der Waals surface area contributed by atoms with E-state index >= 15 is 0 Å². The van der Waals surface area contributed by atoms with E-state index in [1.165, 1.54) is 0 Å². The zero-order valence-electron chi connectivity index (χ0n) is 13.8. The highest BCUT2D eigenvalue weighted by Gasteiger charge is 2.09. The van der Waals surface area contributed by atoms with Gasteiger partial charge in [-0.15, -0.1) is 0 Å². The van der Waals surface area contributed by atoms with Crippen LogP contribution in [0.4, 0.5) is 17.2 Å². The Balaban J connectivity index is 1.69. The second-order valence-corrected chi connectivity index (χ2v) is 6.13. The maximum atomic E-state index is 12.3. The molecule has 0 atom stereocenters. The van der Waals surface area contributed by atoms with Gasteiger partial charge in [-0.25, -0.2) is 4.98 Å². The van der Waals surface area contributed by atoms with Crippen LogP contribution in [0.25, 0.3) is 0 Å². The molecule has 0 bridgehead atoms. The number of aromatic nitrogens is 1. The average molecular weight is 388 g/mol. The number of hydrogen-bond donors (Lipinski definition) is 2. The maximum absolute atomic E-state index is 12.3. The lowest BCUT2D eigenvalue weighted by Gasteiger charge is -2.10. The Morgan fingerprint density at radius 2 is 1.88 bits per heavy atom. The number of methoxy groups -OCH3 is 1. The third-order valence-electron chi connectivity index (χ3n) is 3.57. The van der Waals surface area contributed by atoms with Crippen molar-refractivity contribution in [3.8, 4) is 5.75 Å². The standard InChI is InChI=1S/C19H15Cl2N3O2/c1-26-14-5-2-4-12(10-14)19(25)24-17-9-8-13(11-22-17)23-16-7-3-6-15(20)18(16)21/h2-11,23H,1H3,(H,22,24,25). The van der Waals surface area contributed by atoms with Gasteiger partial charge in [0.1, 0.15) is 11.6 Å². The van der Waals surface area contributed by atoms with E-state index in [9.17, 15) is 4.79 Å². The highest BCUT2D eigenvalue weighted by atomic mass is 35.5. The minimum absolute atomic E-state index is 0.269. The lowest BCUT2D eigenvalue weighted by Crippen LogP contribution is -2.12. The Morgan fingerprint density at radius 1 is 1.08 bits per heavy atom. The van der Waals surface area contributed by atoms with E-state index in [4.69, 9.17) is 27.9 Å². The Morgan fingerprint density at radius 3 is 2.62 bits per heavy atom. The predicted molar refractivity (Wildman–Crippen MR) is 105 cm³/mol. The van der Waals surface area contributed by atoms with Crippen LogP contribution in [0.5, 0.6) is 5.75 Å². The van der Waals surface area contributed by atoms with Crippen molar-refractivity contribution in [2.45, 2.75) is 0 Å². The molecule has 0 saturated heterocycles. The van der Waals surface area contributed by atoms with E-state index in [0.717, 1.165) is 0 Å². The van der Waals surface area contributed by atoms with Crippen LogP contribution in [0.2, 0.25) is 10.0 Å². The van der Waals surface area contributed by atoms with Gasteiger partial charge in [0.15, 0.2) is 0 Å². The number of carbonyl (C=O) groups excluding carboxylic acids is 1. The van der Waals surface area contributed by atoms with E-state index in [2.05, 4.69) is 15.6 Å². The molecule has 2 aromatic carbocycles. The Kier molecular flexibility index (Phi) is 5.61. The number of nitrogens with zero attached hydrogens (tertiary/aromatic N) is 1. The molecule has 0 unspecified atom stereocenters. The SMILES string of the molecule is COc1cccc(C(=O)Nc2ccc(Nc3cccc(Cl)c3Cl)cn2)c1. The molecule has 0 aliphatic carbocycles. The van der Waals surface area contributed by atoms with E-state index < -0.39 is 0 Å². The first-order chi connectivity index (χ1) is 12.6. The third kappa shape index (κ3) is 4.25. The summed E-state index contributed by atoms with van der Waals surface area (Å²) >= 11 is 12.2. The van der Waals surface area contributed by atoms with Crippen LogP contribution < -0.4 is 15.4 Å². The number of rotatable bonds is 5. The molecular weight excluding hydrogens is 373 g/mol. The van der Waals surface area contributed by atoms with Gasteiger partial charge in [0, 0.05) is 5.56 Å². The molecule has 0 radical (unpaired) electrons. The van der Waals surface area contributed by atoms with Crippen LogP contribution >= 0.6 is 23.2 Å². The minimum atomic E-state index is -0.269. The second kappa shape index (κ2) is 8.08. The first-order valence-corrected chi connectivity index (χ1v) is 8.45. The van der Waals surface area contributed by atoms with E-state index in [1.807, 2.05) is 6.07 Å². The van der Waals surface area contributed by atoms with Crippen molar-refractivity contribution in [3.63, 3.8) is 0 Å². The fourth-order valence-electron chi connectivity index (χ4n) is 2.25. The van der Waals surface area contributed by atoms with Crippen LogP contribution in [0.3, 0.4) is 0 Å². The van der Waals surface area contributed by atoms with Crippen molar-refractivity contribution in [2.75, 3.05) is 17.7 Å². The molecule has 3 aromatic rings. The summed E-state index contributed by atoms with van der Waals surface area (Å²) in [7, 11) is 1.55. The summed E-state index contributed by atoms with van der Waals surface area (Å²) in [5.41, 5.74) is 1.88. The number of halogens is 2. The zero-order chi connectivity index (χ0) is 18.5. The fourth-order valence-corrected chi connectivity index (χ4v) is 2.60. The molecule has 2 N–H and O–H groups in total. The van der Waals surface area contributed by atoms with Crippen LogP contribution in [0, 0.1) is 0 Å². The van der Waals surface area contributed by atoms with Gasteiger partial charge >= 0.3 is 0 Å². The topological polar surface area (TPSA) is 63.2 Å². The quantitative estimate of drug-likeness (QED) is 0.615. The van der Waals surface area contributed by atoms with Gasteiger partial charge < -0.3 is 15.4 Å². The third-order valence-corrected chi connectivity index (χ3v) is 4.39. The molecule has 1 heterocycles. The van der Waals surface area contributed by atoms with Gasteiger partial charge in [0.05, 0.1) is 34.7 Å². The summed E-state index contributed by atoms with van der Waals surface area (Å²) in [4.78, 5) is 16.5. The van der Waals surface area contributed by atoms with Crippen molar-refractivity contribution in [2.24, 2.45) is 0 Å². The van der Waals surface area contributed by atoms with Gasteiger partial charge in [-0.2, -0.15) is 0 Å². The van der Waals surface area contributed by atoms with Gasteiger partial charge in [0.25, 0.3) is 5.91 Å². The summed E-state index contributed by atoms with van der Waals surface area (Å²) in [6.07, 6.45) is 1.60. The first-order valence-electron chi connectivity index (χ1n) is 7.69. The highest BCUT2D eigenvalue weighted by Crippen LogP contribution is 2.31. The molecular formula is C19H15Cl2N3O2. The van der Waals surface area contributed by atoms with Crippen LogP contribution in [0.15, 0.2) is 60.8 Å². The smallest absolute Gasteiger partial charge is 0.256 e. The number of pyridine rings is 1. The van der Waals surface area contributed by atoms with Crippen molar-refractivity contribution < 1.29 is 9.53 Å². The number of carbonyl (C=O) groups is 1. The largest absolute Gasteiger partial charge is 0.497 e. The molecule has 26 heavy (non-hydrogen) atoms. The lowest BCUT2D eigenvalue weighted by molar-refractivity contribution is 0.102. The molecule has 0 fully saturated rings.